The molecule has 2 aromatic heterocycles. The average Bonchev–Trinajstić information content (AvgIpc) is 3.14. The van der Waals surface area contributed by atoms with Gasteiger partial charge in [-0.1, -0.05) is 18.2 Å². The molecule has 1 atom stereocenters. The predicted molar refractivity (Wildman–Crippen MR) is 124 cm³/mol. The van der Waals surface area contributed by atoms with Crippen LogP contribution in [0.15, 0.2) is 54.6 Å². The third kappa shape index (κ3) is 3.89. The second-order valence-corrected chi connectivity index (χ2v) is 7.65. The molecule has 0 saturated carbocycles. The van der Waals surface area contributed by atoms with Crippen LogP contribution in [0.2, 0.25) is 0 Å². The minimum atomic E-state index is -0.305. The minimum absolute atomic E-state index is 0.200. The van der Waals surface area contributed by atoms with E-state index in [9.17, 15) is 4.79 Å². The number of methoxy groups -OCH3 is 2. The molecule has 2 aromatic carbocycles. The maximum Gasteiger partial charge on any atom is 0.252 e. The first kappa shape index (κ1) is 21.4. The van der Waals surface area contributed by atoms with Gasteiger partial charge >= 0.3 is 0 Å². The van der Waals surface area contributed by atoms with Crippen molar-refractivity contribution in [3.63, 3.8) is 0 Å². The average molecular weight is 431 g/mol. The van der Waals surface area contributed by atoms with E-state index in [-0.39, 0.29) is 11.9 Å². The summed E-state index contributed by atoms with van der Waals surface area (Å²) in [5.74, 6) is 1.18. The molecule has 0 fully saturated rings. The first-order valence-electron chi connectivity index (χ1n) is 10.4. The van der Waals surface area contributed by atoms with Crippen molar-refractivity contribution >= 4 is 16.9 Å². The summed E-state index contributed by atoms with van der Waals surface area (Å²) in [6, 6.07) is 16.8. The van der Waals surface area contributed by atoms with Gasteiger partial charge in [0, 0.05) is 11.3 Å². The Morgan fingerprint density at radius 3 is 2.47 bits per heavy atom. The highest BCUT2D eigenvalue weighted by atomic mass is 16.5. The van der Waals surface area contributed by atoms with E-state index in [4.69, 9.17) is 9.47 Å². The van der Waals surface area contributed by atoms with E-state index in [1.54, 1.807) is 25.0 Å². The molecule has 0 saturated heterocycles. The number of hydrogen-bond acceptors (Lipinski definition) is 5. The van der Waals surface area contributed by atoms with Gasteiger partial charge in [-0.3, -0.25) is 4.79 Å². The number of para-hydroxylation sites is 1. The Kier molecular flexibility index (Phi) is 5.81. The summed E-state index contributed by atoms with van der Waals surface area (Å²) in [7, 11) is 3.22. The quantitative estimate of drug-likeness (QED) is 0.486. The van der Waals surface area contributed by atoms with Crippen LogP contribution < -0.4 is 14.8 Å². The summed E-state index contributed by atoms with van der Waals surface area (Å²) in [5, 5.41) is 8.50. The minimum Gasteiger partial charge on any atom is -0.497 e. The number of benzene rings is 2. The summed E-state index contributed by atoms with van der Waals surface area (Å²) < 4.78 is 12.6. The van der Waals surface area contributed by atoms with Crippen molar-refractivity contribution in [1.29, 1.82) is 0 Å². The standard InChI is InChI=1S/C25H26N4O3/c1-15-13-21(23-17(3)28-29(24(23)26-15)18-9-7-6-8-10-18)25(30)27-16(2)20-14-19(31-4)11-12-22(20)32-5/h6-14,16H,1-5H3,(H,27,30)/t16-/m0/s1. The molecular weight excluding hydrogens is 404 g/mol. The van der Waals surface area contributed by atoms with Crippen LogP contribution >= 0.6 is 0 Å². The number of nitrogens with zero attached hydrogens (tertiary/aromatic N) is 3. The van der Waals surface area contributed by atoms with Gasteiger partial charge in [-0.15, -0.1) is 0 Å². The number of pyridine rings is 1. The molecule has 164 valence electrons. The molecule has 1 amide bonds. The van der Waals surface area contributed by atoms with Gasteiger partial charge in [-0.25, -0.2) is 9.67 Å². The van der Waals surface area contributed by atoms with Crippen molar-refractivity contribution in [2.75, 3.05) is 14.2 Å². The van der Waals surface area contributed by atoms with E-state index in [2.05, 4.69) is 15.4 Å². The molecule has 0 aliphatic carbocycles. The fraction of sp³-hybridized carbons (Fsp3) is 0.240. The first-order valence-corrected chi connectivity index (χ1v) is 10.4. The second-order valence-electron chi connectivity index (χ2n) is 7.65. The highest BCUT2D eigenvalue weighted by Crippen LogP contribution is 2.30. The van der Waals surface area contributed by atoms with Crippen LogP contribution in [-0.2, 0) is 0 Å². The lowest BCUT2D eigenvalue weighted by atomic mass is 10.0. The van der Waals surface area contributed by atoms with Crippen LogP contribution in [0, 0.1) is 13.8 Å². The SMILES string of the molecule is COc1ccc(OC)c([C@H](C)NC(=O)c2cc(C)nc3c2c(C)nn3-c2ccccc2)c1. The number of aryl methyl sites for hydroxylation is 2. The van der Waals surface area contributed by atoms with Gasteiger partial charge in [0.1, 0.15) is 11.5 Å². The number of carbonyl (C=O) groups is 1. The van der Waals surface area contributed by atoms with Crippen LogP contribution in [0.4, 0.5) is 0 Å². The summed E-state index contributed by atoms with van der Waals surface area (Å²) in [5.41, 5.74) is 4.41. The third-order valence-electron chi connectivity index (χ3n) is 5.44. The molecule has 0 spiro atoms. The van der Waals surface area contributed by atoms with Crippen molar-refractivity contribution in [3.05, 3.63) is 77.1 Å². The zero-order valence-corrected chi connectivity index (χ0v) is 18.8. The van der Waals surface area contributed by atoms with Gasteiger partial charge < -0.3 is 14.8 Å². The number of hydrogen-bond donors (Lipinski definition) is 1. The second kappa shape index (κ2) is 8.70. The lowest BCUT2D eigenvalue weighted by Crippen LogP contribution is -2.27. The van der Waals surface area contributed by atoms with Gasteiger partial charge in [-0.05, 0) is 57.2 Å². The molecule has 4 aromatic rings. The monoisotopic (exact) mass is 430 g/mol. The normalized spacial score (nSPS) is 11.9. The molecule has 2 heterocycles. The molecule has 32 heavy (non-hydrogen) atoms. The molecule has 1 N–H and O–H groups in total. The van der Waals surface area contributed by atoms with Crippen molar-refractivity contribution in [3.8, 4) is 17.2 Å². The van der Waals surface area contributed by atoms with Crippen molar-refractivity contribution in [2.24, 2.45) is 0 Å². The maximum absolute atomic E-state index is 13.4. The first-order chi connectivity index (χ1) is 15.4. The zero-order chi connectivity index (χ0) is 22.8. The van der Waals surface area contributed by atoms with E-state index in [0.29, 0.717) is 22.7 Å². The fourth-order valence-corrected chi connectivity index (χ4v) is 3.87. The molecule has 7 nitrogen and oxygen atoms in total. The number of amides is 1. The smallest absolute Gasteiger partial charge is 0.252 e. The van der Waals surface area contributed by atoms with Gasteiger partial charge in [0.25, 0.3) is 5.91 Å². The van der Waals surface area contributed by atoms with Crippen LogP contribution in [-0.4, -0.2) is 34.9 Å². The molecule has 0 radical (unpaired) electrons. The van der Waals surface area contributed by atoms with Crippen LogP contribution in [0.3, 0.4) is 0 Å². The summed E-state index contributed by atoms with van der Waals surface area (Å²) in [4.78, 5) is 18.1. The Bertz CT molecular complexity index is 1280. The lowest BCUT2D eigenvalue weighted by molar-refractivity contribution is 0.0941. The van der Waals surface area contributed by atoms with Crippen LogP contribution in [0.5, 0.6) is 11.5 Å². The molecule has 0 unspecified atom stereocenters. The van der Waals surface area contributed by atoms with Crippen molar-refractivity contribution in [1.82, 2.24) is 20.1 Å². The van der Waals surface area contributed by atoms with E-state index in [1.165, 1.54) is 0 Å². The Labute approximate surface area is 187 Å². The van der Waals surface area contributed by atoms with Gasteiger partial charge in [0.15, 0.2) is 5.65 Å². The highest BCUT2D eigenvalue weighted by Gasteiger charge is 2.22. The van der Waals surface area contributed by atoms with Crippen molar-refractivity contribution < 1.29 is 14.3 Å². The third-order valence-corrected chi connectivity index (χ3v) is 5.44. The van der Waals surface area contributed by atoms with Crippen molar-refractivity contribution in [2.45, 2.75) is 26.8 Å². The zero-order valence-electron chi connectivity index (χ0n) is 18.8. The van der Waals surface area contributed by atoms with Crippen LogP contribution in [0.1, 0.15) is 40.3 Å². The Morgan fingerprint density at radius 1 is 1.03 bits per heavy atom. The van der Waals surface area contributed by atoms with Gasteiger partial charge in [0.05, 0.1) is 42.6 Å². The number of rotatable bonds is 6. The Hall–Kier alpha value is -3.87. The molecule has 4 rings (SSSR count). The molecule has 0 aliphatic heterocycles. The highest BCUT2D eigenvalue weighted by molar-refractivity contribution is 6.07. The topological polar surface area (TPSA) is 78.3 Å². The Balaban J connectivity index is 1.74. The van der Waals surface area contributed by atoms with Gasteiger partial charge in [-0.2, -0.15) is 5.10 Å². The lowest BCUT2D eigenvalue weighted by Gasteiger charge is -2.18. The van der Waals surface area contributed by atoms with Crippen LogP contribution in [0.25, 0.3) is 16.7 Å². The Morgan fingerprint density at radius 2 is 1.78 bits per heavy atom. The predicted octanol–water partition coefficient (Wildman–Crippen LogP) is 4.55. The summed E-state index contributed by atoms with van der Waals surface area (Å²) in [6.45, 7) is 5.69. The number of ether oxygens (including phenoxy) is 2. The molecule has 7 heteroatoms. The number of aromatic nitrogens is 3. The van der Waals surface area contributed by atoms with Gasteiger partial charge in [0.2, 0.25) is 0 Å². The summed E-state index contributed by atoms with van der Waals surface area (Å²) >= 11 is 0. The van der Waals surface area contributed by atoms with E-state index in [1.807, 2.05) is 69.3 Å². The van der Waals surface area contributed by atoms with E-state index in [0.717, 1.165) is 28.0 Å². The largest absolute Gasteiger partial charge is 0.497 e. The van der Waals surface area contributed by atoms with E-state index >= 15 is 0 Å². The number of nitrogens with one attached hydrogen (secondary N) is 1. The number of carbonyl (C=O) groups excluding carboxylic acids is 1. The van der Waals surface area contributed by atoms with E-state index < -0.39 is 0 Å². The molecule has 0 bridgehead atoms. The molecule has 0 aliphatic rings. The number of fused-ring (bicyclic) bond motifs is 1. The summed E-state index contributed by atoms with van der Waals surface area (Å²) in [6.07, 6.45) is 0. The fourth-order valence-electron chi connectivity index (χ4n) is 3.87. The molecular formula is C25H26N4O3. The maximum atomic E-state index is 13.4.